The van der Waals surface area contributed by atoms with E-state index < -0.39 is 0 Å². The van der Waals surface area contributed by atoms with Crippen LogP contribution in [-0.4, -0.2) is 93.5 Å². The van der Waals surface area contributed by atoms with E-state index in [1.54, 1.807) is 81.2 Å². The van der Waals surface area contributed by atoms with Crippen molar-refractivity contribution < 1.29 is 38.2 Å². The molecule has 14 aromatic rings. The Morgan fingerprint density at radius 2 is 0.606 bits per heavy atom. The van der Waals surface area contributed by atoms with Gasteiger partial charge < -0.3 is 9.47 Å². The van der Waals surface area contributed by atoms with Crippen LogP contribution in [0.3, 0.4) is 0 Å². The molecule has 3 aliphatic rings. The van der Waals surface area contributed by atoms with Crippen molar-refractivity contribution in [3.8, 4) is 90.2 Å². The summed E-state index contributed by atoms with van der Waals surface area (Å²) in [5.41, 5.74) is 14.3. The van der Waals surface area contributed by atoms with Crippen molar-refractivity contribution in [2.24, 2.45) is 0 Å². The van der Waals surface area contributed by atoms with Gasteiger partial charge in [0.2, 0.25) is 0 Å². The number of pyridine rings is 1. The van der Waals surface area contributed by atoms with Crippen molar-refractivity contribution in [3.05, 3.63) is 307 Å². The number of hydrogen-bond acceptors (Lipinski definition) is 12. The standard InChI is InChI=1S/C35H24N4O3.C25H18N2O3.C24H15NO2/c1-39-34(40)26-18-17-25(30-28(42-2)20-19-27(29(26)30)35(39)41)33-37-31(23-11-7-4-8-12-23)36-32(38-33)24-15-13-22(14-16-24)21-9-5-3-6-10-21;1-27-24(28)19-8-7-18(23-21(30-2)10-9-20(22(19)23)25(27)29)17-5-3-15(4-6-17)16-11-13-26-14-12-16;26-23-20-13-7-12-19-18(16-8-3-1-4-9-16)14-15-21(22(19)20)24(27)25(23)17-10-5-2-6-11-17/h3-20H,1-2H3;3-14H,1-2H3;1-15H. The number of carbonyl (C=O) groups is 6. The third-order valence-corrected chi connectivity index (χ3v) is 18.2. The van der Waals surface area contributed by atoms with E-state index in [2.05, 4.69) is 41.4 Å². The summed E-state index contributed by atoms with van der Waals surface area (Å²) in [6.07, 6.45) is 3.54. The van der Waals surface area contributed by atoms with E-state index in [-0.39, 0.29) is 35.4 Å². The van der Waals surface area contributed by atoms with Crippen LogP contribution in [0.25, 0.3) is 111 Å². The largest absolute Gasteiger partial charge is 0.496 e. The highest BCUT2D eigenvalue weighted by atomic mass is 16.5. The molecule has 12 aromatic carbocycles. The first-order chi connectivity index (χ1) is 48.4. The van der Waals surface area contributed by atoms with E-state index in [0.717, 1.165) is 81.6 Å². The minimum absolute atomic E-state index is 0.283. The number of ether oxygens (including phenoxy) is 2. The molecule has 15 heteroatoms. The lowest BCUT2D eigenvalue weighted by Gasteiger charge is -2.27. The molecule has 3 aliphatic heterocycles. The number of amides is 6. The summed E-state index contributed by atoms with van der Waals surface area (Å²) in [6, 6.07) is 82.9. The maximum Gasteiger partial charge on any atom is 0.265 e. The Bertz CT molecular complexity index is 5540. The maximum absolute atomic E-state index is 13.2. The van der Waals surface area contributed by atoms with E-state index in [0.29, 0.717) is 89.8 Å². The molecule has 6 amide bonds. The number of aromatic nitrogens is 4. The first-order valence-corrected chi connectivity index (χ1v) is 31.8. The van der Waals surface area contributed by atoms with Gasteiger partial charge in [0.1, 0.15) is 11.5 Å². The number of nitrogens with zero attached hydrogens (tertiary/aromatic N) is 7. The van der Waals surface area contributed by atoms with Crippen LogP contribution >= 0.6 is 0 Å². The fraction of sp³-hybridized carbons (Fsp3) is 0.0476. The molecule has 0 saturated heterocycles. The summed E-state index contributed by atoms with van der Waals surface area (Å²) in [5.74, 6) is 0.680. The molecule has 0 saturated carbocycles. The van der Waals surface area contributed by atoms with E-state index >= 15 is 0 Å². The summed E-state index contributed by atoms with van der Waals surface area (Å²) in [6.45, 7) is 0. The monoisotopic (exact) mass is 1290 g/mol. The van der Waals surface area contributed by atoms with Crippen molar-refractivity contribution in [3.63, 3.8) is 0 Å². The third kappa shape index (κ3) is 10.9. The highest BCUT2D eigenvalue weighted by Gasteiger charge is 2.36. The Labute approximate surface area is 568 Å². The number of para-hydroxylation sites is 1. The van der Waals surface area contributed by atoms with Crippen LogP contribution in [0.2, 0.25) is 0 Å². The lowest BCUT2D eigenvalue weighted by atomic mass is 9.88. The second-order valence-electron chi connectivity index (χ2n) is 23.8. The molecule has 17 rings (SSSR count). The summed E-state index contributed by atoms with van der Waals surface area (Å²) < 4.78 is 11.4. The zero-order valence-corrected chi connectivity index (χ0v) is 53.9. The van der Waals surface area contributed by atoms with Crippen LogP contribution < -0.4 is 14.4 Å². The lowest BCUT2D eigenvalue weighted by molar-refractivity contribution is 0.0635. The van der Waals surface area contributed by atoms with Gasteiger partial charge in [-0.3, -0.25) is 43.6 Å². The van der Waals surface area contributed by atoms with Gasteiger partial charge in [0.05, 0.1) is 19.9 Å². The first kappa shape index (κ1) is 61.8. The van der Waals surface area contributed by atoms with Gasteiger partial charge in [0.15, 0.2) is 17.5 Å². The summed E-state index contributed by atoms with van der Waals surface area (Å²) in [4.78, 5) is 100. The van der Waals surface area contributed by atoms with Crippen LogP contribution in [0.15, 0.2) is 273 Å². The minimum atomic E-state index is -0.364. The van der Waals surface area contributed by atoms with Gasteiger partial charge in [-0.25, -0.2) is 19.9 Å². The quantitative estimate of drug-likeness (QED) is 0.118. The molecule has 0 fully saturated rings. The number of anilines is 1. The fourth-order valence-electron chi connectivity index (χ4n) is 13.3. The Kier molecular flexibility index (Phi) is 16.0. The zero-order chi connectivity index (χ0) is 68.0. The van der Waals surface area contributed by atoms with Crippen molar-refractivity contribution in [1.29, 1.82) is 0 Å². The topological polar surface area (TPSA) is 182 Å². The van der Waals surface area contributed by atoms with Crippen LogP contribution in [-0.2, 0) is 0 Å². The van der Waals surface area contributed by atoms with Gasteiger partial charge in [-0.1, -0.05) is 182 Å². The number of imide groups is 3. The average molecular weight is 1290 g/mol. The normalized spacial score (nSPS) is 12.9. The molecule has 0 unspecified atom stereocenters. The van der Waals surface area contributed by atoms with E-state index in [1.165, 1.54) is 19.0 Å². The summed E-state index contributed by atoms with van der Waals surface area (Å²) in [7, 11) is 6.16. The molecule has 99 heavy (non-hydrogen) atoms. The Balaban J connectivity index is 0.000000125. The van der Waals surface area contributed by atoms with Crippen LogP contribution in [0, 0.1) is 0 Å². The van der Waals surface area contributed by atoms with E-state index in [9.17, 15) is 28.8 Å². The predicted octanol–water partition coefficient (Wildman–Crippen LogP) is 17.0. The molecule has 0 N–H and O–H groups in total. The van der Waals surface area contributed by atoms with Gasteiger partial charge >= 0.3 is 0 Å². The van der Waals surface area contributed by atoms with Gasteiger partial charge in [-0.2, -0.15) is 0 Å². The lowest BCUT2D eigenvalue weighted by Crippen LogP contribution is -2.40. The summed E-state index contributed by atoms with van der Waals surface area (Å²) >= 11 is 0. The van der Waals surface area contributed by atoms with Crippen molar-refractivity contribution >= 4 is 73.4 Å². The molecule has 0 aliphatic carbocycles. The molecule has 0 spiro atoms. The van der Waals surface area contributed by atoms with Gasteiger partial charge in [0.25, 0.3) is 35.4 Å². The van der Waals surface area contributed by atoms with Gasteiger partial charge in [-0.05, 0) is 129 Å². The van der Waals surface area contributed by atoms with Crippen LogP contribution in [0.1, 0.15) is 62.1 Å². The molecule has 2 aromatic heterocycles. The Morgan fingerprint density at radius 3 is 1.11 bits per heavy atom. The van der Waals surface area contributed by atoms with E-state index in [1.807, 2.05) is 170 Å². The minimum Gasteiger partial charge on any atom is -0.496 e. The molecule has 0 radical (unpaired) electrons. The Morgan fingerprint density at radius 1 is 0.263 bits per heavy atom. The molecule has 0 atom stereocenters. The van der Waals surface area contributed by atoms with Crippen molar-refractivity contribution in [2.75, 3.05) is 33.2 Å². The number of carbonyl (C=O) groups excluding carboxylic acids is 6. The first-order valence-electron chi connectivity index (χ1n) is 31.8. The van der Waals surface area contributed by atoms with Crippen LogP contribution in [0.4, 0.5) is 5.69 Å². The highest BCUT2D eigenvalue weighted by molar-refractivity contribution is 6.37. The van der Waals surface area contributed by atoms with E-state index in [4.69, 9.17) is 24.4 Å². The second kappa shape index (κ2) is 25.7. The molecule has 476 valence electrons. The van der Waals surface area contributed by atoms with Gasteiger partial charge in [0, 0.05) is 103 Å². The number of benzene rings is 12. The number of methoxy groups -OCH3 is 2. The van der Waals surface area contributed by atoms with Gasteiger partial charge in [-0.15, -0.1) is 0 Å². The molecule has 5 heterocycles. The SMILES string of the molecule is COc1ccc2c3c(ccc(-c4ccc(-c5ccncc5)cc4)c13)C(=O)N(C)C2=O.COc1ccc2c3c(ccc(-c4nc(-c5ccccc5)nc(-c5ccc(-c6ccccc6)cc5)n4)c13)C(=O)N(C)C2=O.O=C1c2cccc3c(-c4ccccc4)ccc(c23)C(=O)N1c1ccccc1. The number of rotatable bonds is 10. The average Bonchev–Trinajstić information content (AvgIpc) is 0.743. The highest BCUT2D eigenvalue weighted by Crippen LogP contribution is 2.45. The maximum atomic E-state index is 13.2. The summed E-state index contributed by atoms with van der Waals surface area (Å²) in [5, 5.41) is 4.23. The molecular weight excluding hydrogens is 1230 g/mol. The Hall–Kier alpha value is -13.4. The third-order valence-electron chi connectivity index (χ3n) is 18.2. The molecule has 15 nitrogen and oxygen atoms in total. The second-order valence-corrected chi connectivity index (χ2v) is 23.8. The zero-order valence-electron chi connectivity index (χ0n) is 53.9. The fourth-order valence-corrected chi connectivity index (χ4v) is 13.3. The van der Waals surface area contributed by atoms with Crippen molar-refractivity contribution in [2.45, 2.75) is 0 Å². The predicted molar refractivity (Wildman–Crippen MR) is 385 cm³/mol. The van der Waals surface area contributed by atoms with Crippen LogP contribution in [0.5, 0.6) is 11.5 Å². The van der Waals surface area contributed by atoms with Crippen molar-refractivity contribution in [1.82, 2.24) is 29.7 Å². The number of hydrogen-bond donors (Lipinski definition) is 0. The molecular formula is C84H57N7O8. The smallest absolute Gasteiger partial charge is 0.265 e. The molecule has 0 bridgehead atoms.